The van der Waals surface area contributed by atoms with E-state index in [9.17, 15) is 0 Å². The van der Waals surface area contributed by atoms with E-state index in [4.69, 9.17) is 4.74 Å². The molecule has 1 nitrogen and oxygen atoms in total. The van der Waals surface area contributed by atoms with Crippen LogP contribution < -0.4 is 0 Å². The van der Waals surface area contributed by atoms with Crippen molar-refractivity contribution in [3.05, 3.63) is 0 Å². The van der Waals surface area contributed by atoms with Gasteiger partial charge in [0.15, 0.2) is 0 Å². The first-order valence-electron chi connectivity index (χ1n) is 4.89. The summed E-state index contributed by atoms with van der Waals surface area (Å²) >= 11 is 0. The van der Waals surface area contributed by atoms with Gasteiger partial charge in [0.05, 0.1) is 0 Å². The van der Waals surface area contributed by atoms with Crippen molar-refractivity contribution >= 4 is 0 Å². The molecule has 0 amide bonds. The molecule has 1 heteroatoms. The van der Waals surface area contributed by atoms with Gasteiger partial charge in [-0.15, -0.1) is 0 Å². The Morgan fingerprint density at radius 2 is 1.91 bits per heavy atom. The van der Waals surface area contributed by atoms with Crippen molar-refractivity contribution in [2.75, 3.05) is 13.2 Å². The van der Waals surface area contributed by atoms with E-state index in [0.29, 0.717) is 0 Å². The number of hydrogen-bond acceptors (Lipinski definition) is 1. The van der Waals surface area contributed by atoms with Gasteiger partial charge in [0, 0.05) is 13.2 Å². The molecule has 0 fully saturated rings. The molecule has 0 unspecified atom stereocenters. The lowest BCUT2D eigenvalue weighted by atomic mass is 10.0. The highest BCUT2D eigenvalue weighted by atomic mass is 16.5. The summed E-state index contributed by atoms with van der Waals surface area (Å²) in [4.78, 5) is 0. The molecule has 0 radical (unpaired) electrons. The molecule has 11 heavy (non-hydrogen) atoms. The predicted octanol–water partition coefficient (Wildman–Crippen LogP) is 3.24. The molecule has 0 aromatic rings. The van der Waals surface area contributed by atoms with Crippen LogP contribution in [0.2, 0.25) is 0 Å². The predicted molar refractivity (Wildman–Crippen MR) is 49.8 cm³/mol. The molecule has 0 N–H and O–H groups in total. The van der Waals surface area contributed by atoms with E-state index in [1.807, 2.05) is 0 Å². The summed E-state index contributed by atoms with van der Waals surface area (Å²) in [5.74, 6) is 0.849. The smallest absolute Gasteiger partial charge is 0.0468 e. The highest BCUT2D eigenvalue weighted by molar-refractivity contribution is 4.51. The summed E-state index contributed by atoms with van der Waals surface area (Å²) in [5, 5.41) is 0. The zero-order valence-corrected chi connectivity index (χ0v) is 8.23. The average Bonchev–Trinajstić information content (AvgIpc) is 2.01. The van der Waals surface area contributed by atoms with Gasteiger partial charge in [-0.1, -0.05) is 33.1 Å². The second-order valence-electron chi connectivity index (χ2n) is 3.23. The van der Waals surface area contributed by atoms with Crippen molar-refractivity contribution in [1.29, 1.82) is 0 Å². The van der Waals surface area contributed by atoms with Crippen molar-refractivity contribution < 1.29 is 4.74 Å². The quantitative estimate of drug-likeness (QED) is 0.517. The summed E-state index contributed by atoms with van der Waals surface area (Å²) in [7, 11) is 0. The van der Waals surface area contributed by atoms with Gasteiger partial charge in [-0.05, 0) is 19.3 Å². The van der Waals surface area contributed by atoms with E-state index < -0.39 is 0 Å². The fourth-order valence-electron chi connectivity index (χ4n) is 1.13. The van der Waals surface area contributed by atoms with Gasteiger partial charge in [-0.3, -0.25) is 0 Å². The van der Waals surface area contributed by atoms with Crippen LogP contribution in [0.25, 0.3) is 0 Å². The van der Waals surface area contributed by atoms with Crippen LogP contribution in [-0.4, -0.2) is 13.2 Å². The third kappa shape index (κ3) is 7.86. The molecule has 0 aromatic carbocycles. The molecule has 0 saturated carbocycles. The Hall–Kier alpha value is -0.0400. The van der Waals surface area contributed by atoms with Crippen LogP contribution in [0.5, 0.6) is 0 Å². The number of ether oxygens (including phenoxy) is 1. The van der Waals surface area contributed by atoms with Crippen molar-refractivity contribution in [3.8, 4) is 0 Å². The van der Waals surface area contributed by atoms with E-state index in [1.165, 1.54) is 25.7 Å². The van der Waals surface area contributed by atoms with Crippen LogP contribution in [0, 0.1) is 5.92 Å². The highest BCUT2D eigenvalue weighted by Crippen LogP contribution is 2.11. The maximum absolute atomic E-state index is 5.28. The molecule has 0 aliphatic rings. The maximum atomic E-state index is 5.28. The average molecular weight is 158 g/mol. The van der Waals surface area contributed by atoms with E-state index in [0.717, 1.165) is 19.1 Å². The normalized spacial score (nSPS) is 13.4. The first kappa shape index (κ1) is 11.0. The summed E-state index contributed by atoms with van der Waals surface area (Å²) in [6, 6.07) is 0. The lowest BCUT2D eigenvalue weighted by Crippen LogP contribution is -2.01. The van der Waals surface area contributed by atoms with Crippen molar-refractivity contribution in [1.82, 2.24) is 0 Å². The minimum Gasteiger partial charge on any atom is -0.382 e. The number of rotatable bonds is 7. The van der Waals surface area contributed by atoms with Gasteiger partial charge in [0.1, 0.15) is 0 Å². The molecule has 0 spiro atoms. The highest BCUT2D eigenvalue weighted by Gasteiger charge is 1.99. The van der Waals surface area contributed by atoms with E-state index in [-0.39, 0.29) is 0 Å². The molecule has 0 saturated heterocycles. The van der Waals surface area contributed by atoms with Crippen LogP contribution in [0.15, 0.2) is 0 Å². The second kappa shape index (κ2) is 8.06. The molecule has 0 aliphatic carbocycles. The molecule has 0 rings (SSSR count). The SMILES string of the molecule is CCCC[C@@H](C)CCOCC. The lowest BCUT2D eigenvalue weighted by Gasteiger charge is -2.09. The van der Waals surface area contributed by atoms with Crippen LogP contribution >= 0.6 is 0 Å². The van der Waals surface area contributed by atoms with Crippen LogP contribution in [-0.2, 0) is 4.74 Å². The first-order valence-corrected chi connectivity index (χ1v) is 4.89. The van der Waals surface area contributed by atoms with Crippen molar-refractivity contribution in [2.45, 2.75) is 46.5 Å². The standard InChI is InChI=1S/C10H22O/c1-4-6-7-10(3)8-9-11-5-2/h10H,4-9H2,1-3H3/t10-/m1/s1. The molecule has 0 aliphatic heterocycles. The molecule has 0 heterocycles. The van der Waals surface area contributed by atoms with E-state index in [2.05, 4.69) is 20.8 Å². The van der Waals surface area contributed by atoms with E-state index >= 15 is 0 Å². The lowest BCUT2D eigenvalue weighted by molar-refractivity contribution is 0.132. The summed E-state index contributed by atoms with van der Waals surface area (Å²) in [6.45, 7) is 8.42. The second-order valence-corrected chi connectivity index (χ2v) is 3.23. The Kier molecular flexibility index (Phi) is 8.03. The Labute approximate surface area is 71.1 Å². The zero-order chi connectivity index (χ0) is 8.53. The van der Waals surface area contributed by atoms with E-state index in [1.54, 1.807) is 0 Å². The third-order valence-electron chi connectivity index (χ3n) is 2.01. The third-order valence-corrected chi connectivity index (χ3v) is 2.01. The first-order chi connectivity index (χ1) is 5.31. The van der Waals surface area contributed by atoms with Crippen molar-refractivity contribution in [3.63, 3.8) is 0 Å². The Morgan fingerprint density at radius 3 is 2.45 bits per heavy atom. The largest absolute Gasteiger partial charge is 0.382 e. The van der Waals surface area contributed by atoms with Crippen LogP contribution in [0.1, 0.15) is 46.5 Å². The van der Waals surface area contributed by atoms with Crippen LogP contribution in [0.3, 0.4) is 0 Å². The topological polar surface area (TPSA) is 9.23 Å². The fraction of sp³-hybridized carbons (Fsp3) is 1.00. The van der Waals surface area contributed by atoms with Crippen LogP contribution in [0.4, 0.5) is 0 Å². The van der Waals surface area contributed by atoms with Gasteiger partial charge in [-0.2, -0.15) is 0 Å². The fourth-order valence-corrected chi connectivity index (χ4v) is 1.13. The van der Waals surface area contributed by atoms with Gasteiger partial charge >= 0.3 is 0 Å². The summed E-state index contributed by atoms with van der Waals surface area (Å²) in [5.41, 5.74) is 0. The molecular weight excluding hydrogens is 136 g/mol. The monoisotopic (exact) mass is 158 g/mol. The molecular formula is C10H22O. The Bertz CT molecular complexity index is 71.3. The number of unbranched alkanes of at least 4 members (excludes halogenated alkanes) is 1. The van der Waals surface area contributed by atoms with Crippen molar-refractivity contribution in [2.24, 2.45) is 5.92 Å². The minimum absolute atomic E-state index is 0.849. The Balaban J connectivity index is 3.02. The molecule has 0 aromatic heterocycles. The molecule has 0 bridgehead atoms. The Morgan fingerprint density at radius 1 is 1.18 bits per heavy atom. The molecule has 1 atom stereocenters. The maximum Gasteiger partial charge on any atom is 0.0468 e. The van der Waals surface area contributed by atoms with Gasteiger partial charge in [-0.25, -0.2) is 0 Å². The zero-order valence-electron chi connectivity index (χ0n) is 8.23. The van der Waals surface area contributed by atoms with Gasteiger partial charge in [0.2, 0.25) is 0 Å². The summed E-state index contributed by atoms with van der Waals surface area (Å²) < 4.78 is 5.28. The van der Waals surface area contributed by atoms with Gasteiger partial charge in [0.25, 0.3) is 0 Å². The van der Waals surface area contributed by atoms with Gasteiger partial charge < -0.3 is 4.74 Å². The molecule has 68 valence electrons. The number of hydrogen-bond donors (Lipinski definition) is 0. The summed E-state index contributed by atoms with van der Waals surface area (Å²) in [6.07, 6.45) is 5.28. The minimum atomic E-state index is 0.849.